The summed E-state index contributed by atoms with van der Waals surface area (Å²) in [6, 6.07) is 4.69. The fourth-order valence-corrected chi connectivity index (χ4v) is 9.24. The lowest BCUT2D eigenvalue weighted by Crippen LogP contribution is -2.57. The monoisotopic (exact) mass is 551 g/mol. The Labute approximate surface area is 236 Å². The molecular weight excluding hydrogens is 510 g/mol. The van der Waals surface area contributed by atoms with Gasteiger partial charge in [0.05, 0.1) is 29.2 Å². The maximum Gasteiger partial charge on any atom is 0.251 e. The molecule has 210 valence electrons. The van der Waals surface area contributed by atoms with Crippen molar-refractivity contribution in [2.45, 2.75) is 69.5 Å². The number of thioether (sulfide) groups is 1. The molecule has 4 aliphatic rings. The van der Waals surface area contributed by atoms with Gasteiger partial charge in [-0.15, -0.1) is 11.8 Å². The van der Waals surface area contributed by atoms with Crippen molar-refractivity contribution in [3.8, 4) is 0 Å². The summed E-state index contributed by atoms with van der Waals surface area (Å²) in [4.78, 5) is 48.6. The van der Waals surface area contributed by atoms with E-state index in [9.17, 15) is 19.5 Å². The van der Waals surface area contributed by atoms with Crippen molar-refractivity contribution in [2.24, 2.45) is 17.8 Å². The van der Waals surface area contributed by atoms with Gasteiger partial charge in [-0.3, -0.25) is 14.4 Å². The number of hydrogen-bond donors (Lipinski definition) is 1. The molecule has 0 saturated carbocycles. The molecule has 1 aromatic carbocycles. The first-order valence-electron chi connectivity index (χ1n) is 14.3. The Morgan fingerprint density at radius 3 is 2.41 bits per heavy atom. The van der Waals surface area contributed by atoms with Gasteiger partial charge in [-0.05, 0) is 43.7 Å². The third-order valence-electron chi connectivity index (χ3n) is 8.73. The number of anilines is 1. The number of likely N-dealkylation sites (tertiary alicyclic amines) is 1. The van der Waals surface area contributed by atoms with Crippen molar-refractivity contribution in [1.82, 2.24) is 9.80 Å². The zero-order valence-corrected chi connectivity index (χ0v) is 24.5. The van der Waals surface area contributed by atoms with Gasteiger partial charge in [0, 0.05) is 30.6 Å². The van der Waals surface area contributed by atoms with Crippen LogP contribution in [-0.2, 0) is 14.4 Å². The van der Waals surface area contributed by atoms with Gasteiger partial charge in [-0.1, -0.05) is 63.3 Å². The van der Waals surface area contributed by atoms with Gasteiger partial charge in [0.15, 0.2) is 0 Å². The van der Waals surface area contributed by atoms with Gasteiger partial charge < -0.3 is 19.8 Å². The zero-order valence-electron chi connectivity index (χ0n) is 23.7. The van der Waals surface area contributed by atoms with E-state index in [0.717, 1.165) is 23.2 Å². The fourth-order valence-electron chi connectivity index (χ4n) is 7.25. The number of rotatable bonds is 7. The lowest BCUT2D eigenvalue weighted by molar-refractivity contribution is -0.144. The summed E-state index contributed by atoms with van der Waals surface area (Å²) in [5, 5.41) is 10.4. The van der Waals surface area contributed by atoms with Crippen molar-refractivity contribution >= 4 is 35.2 Å². The zero-order chi connectivity index (χ0) is 28.1. The van der Waals surface area contributed by atoms with E-state index in [1.54, 1.807) is 16.7 Å². The van der Waals surface area contributed by atoms with Crippen LogP contribution in [0.25, 0.3) is 0 Å². The smallest absolute Gasteiger partial charge is 0.251 e. The summed E-state index contributed by atoms with van der Waals surface area (Å²) >= 11 is 1.60. The molecule has 0 aromatic heterocycles. The molecule has 4 aliphatic heterocycles. The molecule has 5 rings (SSSR count). The fraction of sp³-hybridized carbons (Fsp3) is 0.581. The third kappa shape index (κ3) is 4.44. The Morgan fingerprint density at radius 1 is 1.05 bits per heavy atom. The molecule has 0 aliphatic carbocycles. The third-order valence-corrected chi connectivity index (χ3v) is 10.5. The molecular formula is C31H41N3O4S. The molecule has 1 spiro atoms. The number of aliphatic hydroxyl groups is 1. The van der Waals surface area contributed by atoms with Crippen LogP contribution in [-0.4, -0.2) is 80.9 Å². The highest BCUT2D eigenvalue weighted by Gasteiger charge is 2.71. The predicted molar refractivity (Wildman–Crippen MR) is 155 cm³/mol. The molecule has 6 atom stereocenters. The minimum absolute atomic E-state index is 0.00344. The number of benzene rings is 1. The summed E-state index contributed by atoms with van der Waals surface area (Å²) < 4.78 is -0.880. The van der Waals surface area contributed by atoms with Gasteiger partial charge in [0.1, 0.15) is 6.04 Å². The highest BCUT2D eigenvalue weighted by molar-refractivity contribution is 8.02. The van der Waals surface area contributed by atoms with Gasteiger partial charge in [0.2, 0.25) is 11.8 Å². The number of aliphatic hydroxyl groups excluding tert-OH is 1. The predicted octanol–water partition coefficient (Wildman–Crippen LogP) is 3.72. The molecule has 0 radical (unpaired) electrons. The average Bonchev–Trinajstić information content (AvgIpc) is 3.21. The summed E-state index contributed by atoms with van der Waals surface area (Å²) in [5.74, 6) is -1.30. The van der Waals surface area contributed by atoms with Gasteiger partial charge in [-0.25, -0.2) is 0 Å². The molecule has 0 bridgehead atoms. The molecule has 2 fully saturated rings. The maximum atomic E-state index is 14.7. The van der Waals surface area contributed by atoms with Gasteiger partial charge in [-0.2, -0.15) is 0 Å². The average molecular weight is 552 g/mol. The van der Waals surface area contributed by atoms with E-state index < -0.39 is 28.7 Å². The van der Waals surface area contributed by atoms with E-state index >= 15 is 0 Å². The van der Waals surface area contributed by atoms with E-state index in [-0.39, 0.29) is 35.5 Å². The molecule has 39 heavy (non-hydrogen) atoms. The van der Waals surface area contributed by atoms with E-state index in [4.69, 9.17) is 0 Å². The number of aryl methyl sites for hydroxylation is 2. The molecule has 3 amide bonds. The summed E-state index contributed by atoms with van der Waals surface area (Å²) in [7, 11) is 0. The molecule has 7 nitrogen and oxygen atoms in total. The maximum absolute atomic E-state index is 14.7. The number of nitrogens with zero attached hydrogens (tertiary/aromatic N) is 3. The van der Waals surface area contributed by atoms with E-state index in [2.05, 4.69) is 32.9 Å². The Bertz CT molecular complexity index is 1190. The number of hydrogen-bond acceptors (Lipinski definition) is 5. The standard InChI is InChI=1S/C31H41N3O4S/c1-6-14-32-15-8-12-23-24(28(32)36)25-29(37)34(22(18-35)17-19(2)3)27-30(38)33(16-9-13-31(25,27)39-23)26-20(4)10-7-11-21(26)5/h7-13,19,22-25,27,35H,6,14-18H2,1-5H3/t22-,23+,24-,25+,27?,31+/m1/s1. The van der Waals surface area contributed by atoms with Crippen LogP contribution in [0.4, 0.5) is 5.69 Å². The largest absolute Gasteiger partial charge is 0.394 e. The van der Waals surface area contributed by atoms with Crippen molar-refractivity contribution in [3.05, 3.63) is 53.6 Å². The number of carbonyl (C=O) groups excluding carboxylic acids is 3. The Kier molecular flexibility index (Phi) is 7.72. The number of fused-ring (bicyclic) bond motifs is 2. The van der Waals surface area contributed by atoms with Crippen LogP contribution < -0.4 is 4.90 Å². The highest BCUT2D eigenvalue weighted by atomic mass is 32.2. The van der Waals surface area contributed by atoms with Gasteiger partial charge in [0.25, 0.3) is 5.91 Å². The number of carbonyl (C=O) groups is 3. The Hall–Kier alpha value is -2.58. The summed E-state index contributed by atoms with van der Waals surface area (Å²) in [5.41, 5.74) is 2.86. The number of amides is 3. The lowest BCUT2D eigenvalue weighted by atomic mass is 9.78. The van der Waals surface area contributed by atoms with E-state index in [0.29, 0.717) is 26.1 Å². The second-order valence-electron chi connectivity index (χ2n) is 11.9. The van der Waals surface area contributed by atoms with E-state index in [1.165, 1.54) is 0 Å². The molecule has 4 heterocycles. The van der Waals surface area contributed by atoms with Crippen molar-refractivity contribution in [2.75, 3.05) is 31.1 Å². The van der Waals surface area contributed by atoms with Crippen LogP contribution in [0, 0.1) is 31.6 Å². The Balaban J connectivity index is 1.66. The van der Waals surface area contributed by atoms with Crippen LogP contribution in [0.2, 0.25) is 0 Å². The second kappa shape index (κ2) is 10.8. The first-order valence-corrected chi connectivity index (χ1v) is 15.2. The lowest BCUT2D eigenvalue weighted by Gasteiger charge is -2.39. The SMILES string of the molecule is CCCN1CC=C[C@@H]2S[C@]34C=CCN(c5c(C)cccc5C)C(=O)C3N([C@@H](CO)CC(C)C)C(=O)[C@@H]4[C@@H]2C1=O. The highest BCUT2D eigenvalue weighted by Crippen LogP contribution is 2.61. The summed E-state index contributed by atoms with van der Waals surface area (Å²) in [6.45, 7) is 11.5. The number of para-hydroxylation sites is 1. The van der Waals surface area contributed by atoms with Crippen LogP contribution >= 0.6 is 11.8 Å². The first kappa shape index (κ1) is 28.0. The molecule has 1 unspecified atom stereocenters. The minimum atomic E-state index is -0.880. The normalized spacial score (nSPS) is 30.9. The molecule has 8 heteroatoms. The van der Waals surface area contributed by atoms with E-state index in [1.807, 2.05) is 54.0 Å². The first-order chi connectivity index (χ1) is 18.7. The van der Waals surface area contributed by atoms with Gasteiger partial charge >= 0.3 is 0 Å². The quantitative estimate of drug-likeness (QED) is 0.523. The molecule has 2 saturated heterocycles. The van der Waals surface area contributed by atoms with Crippen LogP contribution in [0.15, 0.2) is 42.5 Å². The van der Waals surface area contributed by atoms with Crippen LogP contribution in [0.5, 0.6) is 0 Å². The second-order valence-corrected chi connectivity index (χ2v) is 13.3. The van der Waals surface area contributed by atoms with Crippen molar-refractivity contribution < 1.29 is 19.5 Å². The van der Waals surface area contributed by atoms with Crippen molar-refractivity contribution in [3.63, 3.8) is 0 Å². The molecule has 1 aromatic rings. The van der Waals surface area contributed by atoms with Crippen LogP contribution in [0.1, 0.15) is 44.7 Å². The summed E-state index contributed by atoms with van der Waals surface area (Å²) in [6.07, 6.45) is 9.61. The Morgan fingerprint density at radius 2 is 1.77 bits per heavy atom. The molecule has 1 N–H and O–H groups in total. The minimum Gasteiger partial charge on any atom is -0.394 e. The topological polar surface area (TPSA) is 81.2 Å². The van der Waals surface area contributed by atoms with Crippen molar-refractivity contribution in [1.29, 1.82) is 0 Å². The van der Waals surface area contributed by atoms with Crippen LogP contribution in [0.3, 0.4) is 0 Å².